The van der Waals surface area contributed by atoms with E-state index in [1.54, 1.807) is 0 Å². The van der Waals surface area contributed by atoms with Crippen LogP contribution in [-0.2, 0) is 9.59 Å². The van der Waals surface area contributed by atoms with Crippen LogP contribution in [0.2, 0.25) is 0 Å². The summed E-state index contributed by atoms with van der Waals surface area (Å²) in [7, 11) is 0. The van der Waals surface area contributed by atoms with Crippen molar-refractivity contribution >= 4 is 34.5 Å². The zero-order chi connectivity index (χ0) is 18.7. The second-order valence-corrected chi connectivity index (χ2v) is 7.39. The summed E-state index contributed by atoms with van der Waals surface area (Å²) in [5.41, 5.74) is 0. The summed E-state index contributed by atoms with van der Waals surface area (Å²) in [4.78, 5) is 20.8. The average molecular weight is 463 g/mol. The number of piperidine rings is 1. The van der Waals surface area contributed by atoms with Gasteiger partial charge in [0.25, 0.3) is 0 Å². The van der Waals surface area contributed by atoms with Gasteiger partial charge in [0.05, 0.1) is 6.61 Å². The van der Waals surface area contributed by atoms with Crippen molar-refractivity contribution in [1.29, 1.82) is 0 Å². The Hall–Kier alpha value is -1.35. The quantitative estimate of drug-likeness (QED) is 0.383. The third kappa shape index (κ3) is 10.3. The summed E-state index contributed by atoms with van der Waals surface area (Å²) in [6.07, 6.45) is 5.15. The van der Waals surface area contributed by atoms with Crippen LogP contribution in [-0.4, -0.2) is 53.3 Å². The van der Waals surface area contributed by atoms with Gasteiger partial charge in [-0.25, -0.2) is 9.59 Å². The summed E-state index contributed by atoms with van der Waals surface area (Å²) in [6, 6.07) is 8.27. The highest BCUT2D eigenvalue weighted by Gasteiger charge is 2.14. The number of carboxylic acid groups (broad SMARTS) is 2. The van der Waals surface area contributed by atoms with Crippen LogP contribution in [0.1, 0.15) is 32.6 Å². The Morgan fingerprint density at radius 1 is 1.12 bits per heavy atom. The highest BCUT2D eigenvalue weighted by molar-refractivity contribution is 14.1. The van der Waals surface area contributed by atoms with Crippen molar-refractivity contribution in [2.24, 2.45) is 5.92 Å². The maximum Gasteiger partial charge on any atom is 0.414 e. The zero-order valence-electron chi connectivity index (χ0n) is 14.5. The molecule has 1 aromatic carbocycles. The number of halogens is 1. The maximum absolute atomic E-state index is 9.10. The monoisotopic (exact) mass is 463 g/mol. The molecule has 0 aromatic heterocycles. The fourth-order valence-electron chi connectivity index (χ4n) is 2.44. The van der Waals surface area contributed by atoms with E-state index >= 15 is 0 Å². The average Bonchev–Trinajstić information content (AvgIpc) is 2.58. The summed E-state index contributed by atoms with van der Waals surface area (Å²) in [6.45, 7) is 7.03. The van der Waals surface area contributed by atoms with Crippen LogP contribution in [0.5, 0.6) is 5.75 Å². The molecule has 1 aliphatic rings. The van der Waals surface area contributed by atoms with E-state index in [-0.39, 0.29) is 0 Å². The van der Waals surface area contributed by atoms with Gasteiger partial charge in [-0.15, -0.1) is 0 Å². The maximum atomic E-state index is 9.10. The van der Waals surface area contributed by atoms with Gasteiger partial charge in [-0.05, 0) is 98.1 Å². The molecule has 0 atom stereocenters. The van der Waals surface area contributed by atoms with Crippen LogP contribution in [0.3, 0.4) is 0 Å². The van der Waals surface area contributed by atoms with E-state index in [1.807, 2.05) is 12.1 Å². The Labute approximate surface area is 162 Å². The number of unbranched alkanes of at least 4 members (excludes halogenated alkanes) is 1. The van der Waals surface area contributed by atoms with Gasteiger partial charge in [-0.2, -0.15) is 0 Å². The highest BCUT2D eigenvalue weighted by Crippen LogP contribution is 2.16. The number of aliphatic carboxylic acids is 2. The Morgan fingerprint density at radius 2 is 1.68 bits per heavy atom. The Kier molecular flexibility index (Phi) is 10.5. The second-order valence-electron chi connectivity index (χ2n) is 6.14. The molecule has 140 valence electrons. The molecule has 25 heavy (non-hydrogen) atoms. The van der Waals surface area contributed by atoms with E-state index in [4.69, 9.17) is 24.5 Å². The summed E-state index contributed by atoms with van der Waals surface area (Å²) in [5.74, 6) is -1.72. The molecule has 0 amide bonds. The van der Waals surface area contributed by atoms with Gasteiger partial charge in [0.15, 0.2) is 0 Å². The number of hydrogen-bond donors (Lipinski definition) is 2. The van der Waals surface area contributed by atoms with Crippen LogP contribution in [0.15, 0.2) is 24.3 Å². The Balaban J connectivity index is 0.000000450. The topological polar surface area (TPSA) is 87.1 Å². The number of carboxylic acids is 2. The lowest BCUT2D eigenvalue weighted by molar-refractivity contribution is -0.159. The molecule has 1 saturated heterocycles. The van der Waals surface area contributed by atoms with Crippen molar-refractivity contribution in [3.63, 3.8) is 0 Å². The summed E-state index contributed by atoms with van der Waals surface area (Å²) < 4.78 is 7.00. The van der Waals surface area contributed by atoms with E-state index in [0.717, 1.165) is 24.7 Å². The van der Waals surface area contributed by atoms with Crippen molar-refractivity contribution in [2.45, 2.75) is 32.6 Å². The lowest BCUT2D eigenvalue weighted by atomic mass is 9.99. The Morgan fingerprint density at radius 3 is 2.20 bits per heavy atom. The molecule has 6 nitrogen and oxygen atoms in total. The van der Waals surface area contributed by atoms with Crippen molar-refractivity contribution < 1.29 is 24.5 Å². The lowest BCUT2D eigenvalue weighted by Gasteiger charge is -2.30. The molecule has 0 saturated carbocycles. The van der Waals surface area contributed by atoms with E-state index < -0.39 is 11.9 Å². The number of ether oxygens (including phenoxy) is 1. The van der Waals surface area contributed by atoms with Crippen LogP contribution >= 0.6 is 22.6 Å². The first-order valence-corrected chi connectivity index (χ1v) is 9.53. The molecule has 0 radical (unpaired) electrons. The van der Waals surface area contributed by atoms with Gasteiger partial charge in [0, 0.05) is 3.57 Å². The van der Waals surface area contributed by atoms with Crippen molar-refractivity contribution in [1.82, 2.24) is 4.90 Å². The standard InChI is InChI=1S/C16H24INO.C2H2O4/c1-14-8-11-18(12-9-14)10-2-3-13-19-16-6-4-15(17)5-7-16;3-1(4)2(5)6/h4-7,14H,2-3,8-13H2,1H3;(H,3,4)(H,5,6). The minimum absolute atomic E-state index is 0.838. The first kappa shape index (κ1) is 21.7. The van der Waals surface area contributed by atoms with E-state index in [1.165, 1.54) is 42.5 Å². The normalized spacial score (nSPS) is 15.1. The molecular weight excluding hydrogens is 437 g/mol. The van der Waals surface area contributed by atoms with Gasteiger partial charge in [-0.1, -0.05) is 6.92 Å². The number of benzene rings is 1. The molecule has 0 bridgehead atoms. The lowest BCUT2D eigenvalue weighted by Crippen LogP contribution is -2.33. The van der Waals surface area contributed by atoms with Crippen LogP contribution in [0.25, 0.3) is 0 Å². The first-order valence-electron chi connectivity index (χ1n) is 8.45. The van der Waals surface area contributed by atoms with Gasteiger partial charge >= 0.3 is 11.9 Å². The molecule has 1 heterocycles. The summed E-state index contributed by atoms with van der Waals surface area (Å²) >= 11 is 2.31. The highest BCUT2D eigenvalue weighted by atomic mass is 127. The number of likely N-dealkylation sites (tertiary alicyclic amines) is 1. The molecular formula is C18H26INO5. The summed E-state index contributed by atoms with van der Waals surface area (Å²) in [5, 5.41) is 14.8. The molecule has 7 heteroatoms. The van der Waals surface area contributed by atoms with Crippen LogP contribution < -0.4 is 4.74 Å². The number of nitrogens with zero attached hydrogens (tertiary/aromatic N) is 1. The largest absolute Gasteiger partial charge is 0.494 e. The van der Waals surface area contributed by atoms with Crippen molar-refractivity contribution in [3.05, 3.63) is 27.8 Å². The van der Waals surface area contributed by atoms with Gasteiger partial charge in [0.1, 0.15) is 5.75 Å². The first-order chi connectivity index (χ1) is 11.9. The third-order valence-electron chi connectivity index (χ3n) is 4.01. The zero-order valence-corrected chi connectivity index (χ0v) is 16.6. The van der Waals surface area contributed by atoms with Crippen molar-refractivity contribution in [3.8, 4) is 5.75 Å². The second kappa shape index (κ2) is 12.1. The molecule has 0 spiro atoms. The van der Waals surface area contributed by atoms with Crippen molar-refractivity contribution in [2.75, 3.05) is 26.2 Å². The van der Waals surface area contributed by atoms with E-state index in [0.29, 0.717) is 0 Å². The smallest absolute Gasteiger partial charge is 0.414 e. The minimum atomic E-state index is -1.82. The Bertz CT molecular complexity index is 515. The molecule has 1 aromatic rings. The minimum Gasteiger partial charge on any atom is -0.494 e. The van der Waals surface area contributed by atoms with E-state index in [2.05, 4.69) is 46.5 Å². The van der Waals surface area contributed by atoms with Gasteiger partial charge < -0.3 is 19.8 Å². The number of carbonyl (C=O) groups is 2. The fraction of sp³-hybridized carbons (Fsp3) is 0.556. The molecule has 2 N–H and O–H groups in total. The molecule has 2 rings (SSSR count). The number of rotatable bonds is 6. The van der Waals surface area contributed by atoms with Gasteiger partial charge in [0.2, 0.25) is 0 Å². The predicted octanol–water partition coefficient (Wildman–Crippen LogP) is 3.34. The fourth-order valence-corrected chi connectivity index (χ4v) is 2.80. The molecule has 0 aliphatic carbocycles. The molecule has 1 aliphatic heterocycles. The SMILES string of the molecule is CC1CCN(CCCCOc2ccc(I)cc2)CC1.O=C(O)C(=O)O. The third-order valence-corrected chi connectivity index (χ3v) is 4.73. The van der Waals surface area contributed by atoms with Crippen LogP contribution in [0.4, 0.5) is 0 Å². The number of hydrogen-bond acceptors (Lipinski definition) is 4. The van der Waals surface area contributed by atoms with Gasteiger partial charge in [-0.3, -0.25) is 0 Å². The van der Waals surface area contributed by atoms with E-state index in [9.17, 15) is 0 Å². The predicted molar refractivity (Wildman–Crippen MR) is 104 cm³/mol. The molecule has 0 unspecified atom stereocenters. The molecule has 1 fully saturated rings. The van der Waals surface area contributed by atoms with Crippen LogP contribution in [0, 0.1) is 9.49 Å².